The third kappa shape index (κ3) is 5.86. The molecule has 0 bridgehead atoms. The summed E-state index contributed by atoms with van der Waals surface area (Å²) in [6.07, 6.45) is 0.222. The number of hydrogen-bond donors (Lipinski definition) is 2. The summed E-state index contributed by atoms with van der Waals surface area (Å²) in [4.78, 5) is 16.4. The number of benzene rings is 1. The van der Waals surface area contributed by atoms with Crippen LogP contribution >= 0.6 is 0 Å². The van der Waals surface area contributed by atoms with Crippen molar-refractivity contribution < 1.29 is 9.90 Å². The molecule has 136 valence electrons. The zero-order valence-electron chi connectivity index (χ0n) is 15.2. The molecule has 2 rings (SSSR count). The molecule has 0 aromatic heterocycles. The Kier molecular flexibility index (Phi) is 7.45. The van der Waals surface area contributed by atoms with Crippen molar-refractivity contribution in [3.8, 4) is 11.8 Å². The standard InChI is InChI=1S/C20H29N3O2/c1-3-4-11-22(14-17-8-6-5-7-9-17)13-16(2)19(21)20(25)23-12-10-18(24)15-23/h5-9,16,18-19,24H,10-15,21H2,1-2H3. The van der Waals surface area contributed by atoms with Crippen molar-refractivity contribution in [2.24, 2.45) is 11.7 Å². The fourth-order valence-corrected chi connectivity index (χ4v) is 3.13. The lowest BCUT2D eigenvalue weighted by molar-refractivity contribution is -0.133. The second-order valence-electron chi connectivity index (χ2n) is 6.81. The summed E-state index contributed by atoms with van der Waals surface area (Å²) in [5.74, 6) is 5.99. The Morgan fingerprint density at radius 3 is 2.76 bits per heavy atom. The first kappa shape index (κ1) is 19.5. The predicted molar refractivity (Wildman–Crippen MR) is 99.5 cm³/mol. The van der Waals surface area contributed by atoms with E-state index in [1.54, 1.807) is 4.90 Å². The van der Waals surface area contributed by atoms with Gasteiger partial charge in [-0.1, -0.05) is 43.2 Å². The number of β-amino-alcohol motifs (C(OH)–C–C–N with tert-alkyl or cyclic N) is 1. The van der Waals surface area contributed by atoms with Crippen molar-refractivity contribution in [3.05, 3.63) is 35.9 Å². The molecule has 1 amide bonds. The van der Waals surface area contributed by atoms with E-state index in [9.17, 15) is 9.90 Å². The molecular weight excluding hydrogens is 314 g/mol. The lowest BCUT2D eigenvalue weighted by Gasteiger charge is -2.29. The molecule has 0 saturated carbocycles. The number of aliphatic hydroxyl groups excluding tert-OH is 1. The normalized spacial score (nSPS) is 19.4. The second-order valence-corrected chi connectivity index (χ2v) is 6.81. The van der Waals surface area contributed by atoms with Crippen LogP contribution in [0.2, 0.25) is 0 Å². The summed E-state index contributed by atoms with van der Waals surface area (Å²) in [6, 6.07) is 9.67. The van der Waals surface area contributed by atoms with E-state index in [2.05, 4.69) is 28.9 Å². The van der Waals surface area contributed by atoms with Crippen LogP contribution in [0.3, 0.4) is 0 Å². The van der Waals surface area contributed by atoms with Gasteiger partial charge < -0.3 is 15.7 Å². The van der Waals surface area contributed by atoms with Crippen LogP contribution in [0.1, 0.15) is 25.8 Å². The molecule has 1 aliphatic rings. The van der Waals surface area contributed by atoms with Crippen LogP contribution in [0.5, 0.6) is 0 Å². The van der Waals surface area contributed by atoms with Gasteiger partial charge >= 0.3 is 0 Å². The SMILES string of the molecule is CC#CCN(Cc1ccccc1)CC(C)C(N)C(=O)N1CCC(O)C1. The molecule has 0 aliphatic carbocycles. The number of carbonyl (C=O) groups is 1. The van der Waals surface area contributed by atoms with Crippen LogP contribution in [-0.2, 0) is 11.3 Å². The number of hydrogen-bond acceptors (Lipinski definition) is 4. The molecule has 1 saturated heterocycles. The second kappa shape index (κ2) is 9.57. The topological polar surface area (TPSA) is 69.8 Å². The molecule has 5 heteroatoms. The highest BCUT2D eigenvalue weighted by Crippen LogP contribution is 2.15. The molecule has 25 heavy (non-hydrogen) atoms. The smallest absolute Gasteiger partial charge is 0.239 e. The van der Waals surface area contributed by atoms with Gasteiger partial charge in [0, 0.05) is 26.2 Å². The van der Waals surface area contributed by atoms with Gasteiger partial charge in [0.25, 0.3) is 0 Å². The summed E-state index contributed by atoms with van der Waals surface area (Å²) in [5, 5.41) is 9.62. The highest BCUT2D eigenvalue weighted by molar-refractivity contribution is 5.82. The van der Waals surface area contributed by atoms with Gasteiger partial charge in [0.05, 0.1) is 18.7 Å². The summed E-state index contributed by atoms with van der Waals surface area (Å²) < 4.78 is 0. The van der Waals surface area contributed by atoms with E-state index in [1.807, 2.05) is 32.0 Å². The number of amides is 1. The first-order chi connectivity index (χ1) is 12.0. The lowest BCUT2D eigenvalue weighted by Crippen LogP contribution is -2.49. The number of aliphatic hydroxyl groups is 1. The first-order valence-electron chi connectivity index (χ1n) is 8.89. The fourth-order valence-electron chi connectivity index (χ4n) is 3.13. The van der Waals surface area contributed by atoms with Gasteiger partial charge in [0.15, 0.2) is 0 Å². The minimum absolute atomic E-state index is 0.00705. The molecule has 3 N–H and O–H groups in total. The molecule has 1 fully saturated rings. The maximum atomic E-state index is 12.5. The van der Waals surface area contributed by atoms with Crippen LogP contribution in [0, 0.1) is 17.8 Å². The molecule has 1 aromatic rings. The maximum absolute atomic E-state index is 12.5. The summed E-state index contributed by atoms with van der Waals surface area (Å²) in [6.45, 7) is 6.96. The number of rotatable bonds is 7. The average molecular weight is 343 g/mol. The van der Waals surface area contributed by atoms with Crippen molar-refractivity contribution in [2.45, 2.75) is 39.0 Å². The molecule has 1 aromatic carbocycles. The minimum Gasteiger partial charge on any atom is -0.391 e. The highest BCUT2D eigenvalue weighted by Gasteiger charge is 2.31. The quantitative estimate of drug-likeness (QED) is 0.727. The van der Waals surface area contributed by atoms with Gasteiger partial charge in [0.2, 0.25) is 5.91 Å². The number of nitrogens with zero attached hydrogens (tertiary/aromatic N) is 2. The molecule has 3 unspecified atom stereocenters. The fraction of sp³-hybridized carbons (Fsp3) is 0.550. The number of likely N-dealkylation sites (tertiary alicyclic amines) is 1. The zero-order valence-corrected chi connectivity index (χ0v) is 15.2. The van der Waals surface area contributed by atoms with Crippen LogP contribution in [-0.4, -0.2) is 59.1 Å². The van der Waals surface area contributed by atoms with Crippen LogP contribution in [0.25, 0.3) is 0 Å². The van der Waals surface area contributed by atoms with Crippen molar-refractivity contribution in [1.29, 1.82) is 0 Å². The van der Waals surface area contributed by atoms with Gasteiger partial charge in [-0.15, -0.1) is 5.92 Å². The van der Waals surface area contributed by atoms with Gasteiger partial charge in [-0.05, 0) is 24.8 Å². The van der Waals surface area contributed by atoms with Crippen LogP contribution < -0.4 is 5.73 Å². The Bertz CT molecular complexity index is 608. The van der Waals surface area contributed by atoms with Gasteiger partial charge in [-0.25, -0.2) is 0 Å². The van der Waals surface area contributed by atoms with Gasteiger partial charge in [-0.3, -0.25) is 9.69 Å². The Labute approximate surface area is 150 Å². The van der Waals surface area contributed by atoms with E-state index in [0.29, 0.717) is 32.6 Å². The number of carbonyl (C=O) groups excluding carboxylic acids is 1. The minimum atomic E-state index is -0.557. The van der Waals surface area contributed by atoms with E-state index in [0.717, 1.165) is 6.54 Å². The monoisotopic (exact) mass is 343 g/mol. The Balaban J connectivity index is 1.95. The van der Waals surface area contributed by atoms with Crippen LogP contribution in [0.15, 0.2) is 30.3 Å². The largest absolute Gasteiger partial charge is 0.391 e. The van der Waals surface area contributed by atoms with E-state index in [-0.39, 0.29) is 11.8 Å². The Morgan fingerprint density at radius 2 is 2.16 bits per heavy atom. The summed E-state index contributed by atoms with van der Waals surface area (Å²) in [5.41, 5.74) is 7.44. The summed E-state index contributed by atoms with van der Waals surface area (Å²) >= 11 is 0. The Morgan fingerprint density at radius 1 is 1.44 bits per heavy atom. The molecule has 1 aliphatic heterocycles. The summed E-state index contributed by atoms with van der Waals surface area (Å²) in [7, 11) is 0. The van der Waals surface area contributed by atoms with Gasteiger partial charge in [0.1, 0.15) is 0 Å². The molecular formula is C20H29N3O2. The zero-order chi connectivity index (χ0) is 18.2. The van der Waals surface area contributed by atoms with E-state index in [1.165, 1.54) is 5.56 Å². The maximum Gasteiger partial charge on any atom is 0.239 e. The van der Waals surface area contributed by atoms with Crippen molar-refractivity contribution in [2.75, 3.05) is 26.2 Å². The predicted octanol–water partition coefficient (Wildman–Crippen LogP) is 1.07. The van der Waals surface area contributed by atoms with E-state index < -0.39 is 12.1 Å². The van der Waals surface area contributed by atoms with Crippen molar-refractivity contribution >= 4 is 5.91 Å². The molecule has 1 heterocycles. The third-order valence-corrected chi connectivity index (χ3v) is 4.65. The van der Waals surface area contributed by atoms with E-state index in [4.69, 9.17) is 5.73 Å². The van der Waals surface area contributed by atoms with E-state index >= 15 is 0 Å². The lowest BCUT2D eigenvalue weighted by atomic mass is 10.0. The van der Waals surface area contributed by atoms with Gasteiger partial charge in [-0.2, -0.15) is 0 Å². The van der Waals surface area contributed by atoms with Crippen LogP contribution in [0.4, 0.5) is 0 Å². The first-order valence-corrected chi connectivity index (χ1v) is 8.89. The molecule has 0 radical (unpaired) electrons. The third-order valence-electron chi connectivity index (χ3n) is 4.65. The number of nitrogens with two attached hydrogens (primary N) is 1. The Hall–Kier alpha value is -1.87. The average Bonchev–Trinajstić information content (AvgIpc) is 3.05. The molecule has 0 spiro atoms. The highest BCUT2D eigenvalue weighted by atomic mass is 16.3. The molecule has 5 nitrogen and oxygen atoms in total. The van der Waals surface area contributed by atoms with Crippen molar-refractivity contribution in [1.82, 2.24) is 9.80 Å². The van der Waals surface area contributed by atoms with Crippen molar-refractivity contribution in [3.63, 3.8) is 0 Å². The molecule has 3 atom stereocenters.